The lowest BCUT2D eigenvalue weighted by Gasteiger charge is -2.12. The van der Waals surface area contributed by atoms with E-state index in [9.17, 15) is 9.90 Å². The van der Waals surface area contributed by atoms with Crippen molar-refractivity contribution in [3.8, 4) is 45.8 Å². The average molecular weight is 709 g/mol. The number of rotatable bonds is 12. The number of H-pyrrole nitrogens is 2. The second-order valence-corrected chi connectivity index (χ2v) is 12.9. The molecule has 0 aliphatic rings. The molecule has 0 radical (unpaired) electrons. The minimum atomic E-state index is -0.0313. The van der Waals surface area contributed by atoms with E-state index < -0.39 is 0 Å². The lowest BCUT2D eigenvalue weighted by Crippen LogP contribution is -2.02. The molecule has 0 atom stereocenters. The first-order valence-electron chi connectivity index (χ1n) is 17.1. The molecule has 0 bridgehead atoms. The van der Waals surface area contributed by atoms with Crippen molar-refractivity contribution in [3.05, 3.63) is 107 Å². The number of aromatic nitrogens is 10. The molecule has 2 aromatic carbocycles. The predicted molar refractivity (Wildman–Crippen MR) is 198 cm³/mol. The largest absolute Gasteiger partial charge is 0.455 e. The third kappa shape index (κ3) is 6.63. The van der Waals surface area contributed by atoms with Crippen LogP contribution in [0.25, 0.3) is 45.1 Å². The molecule has 6 aromatic heterocycles. The summed E-state index contributed by atoms with van der Waals surface area (Å²) in [5.41, 5.74) is 8.98. The number of aldehydes is 1. The topological polar surface area (TPSA) is 175 Å². The maximum Gasteiger partial charge on any atom is 0.181 e. The number of aromatic amines is 2. The van der Waals surface area contributed by atoms with E-state index in [1.807, 2.05) is 75.4 Å². The van der Waals surface area contributed by atoms with Crippen LogP contribution >= 0.6 is 0 Å². The van der Waals surface area contributed by atoms with Crippen molar-refractivity contribution in [1.82, 2.24) is 49.5 Å². The molecule has 8 rings (SSSR count). The van der Waals surface area contributed by atoms with Crippen molar-refractivity contribution in [1.29, 1.82) is 0 Å². The molecule has 0 aliphatic heterocycles. The average Bonchev–Trinajstić information content (AvgIpc) is 3.95. The Labute approximate surface area is 303 Å². The van der Waals surface area contributed by atoms with Crippen LogP contribution in [0.4, 0.5) is 0 Å². The van der Waals surface area contributed by atoms with Gasteiger partial charge >= 0.3 is 0 Å². The van der Waals surface area contributed by atoms with Gasteiger partial charge in [0.1, 0.15) is 40.5 Å². The van der Waals surface area contributed by atoms with Gasteiger partial charge in [-0.3, -0.25) is 14.2 Å². The first-order valence-corrected chi connectivity index (χ1v) is 17.1. The van der Waals surface area contributed by atoms with E-state index >= 15 is 0 Å². The van der Waals surface area contributed by atoms with Gasteiger partial charge in [0, 0.05) is 55.1 Å². The van der Waals surface area contributed by atoms with Gasteiger partial charge in [-0.1, -0.05) is 12.1 Å². The van der Waals surface area contributed by atoms with Gasteiger partial charge in [-0.25, -0.2) is 19.9 Å². The zero-order chi connectivity index (χ0) is 36.6. The number of hydrogen-bond donors (Lipinski definition) is 3. The van der Waals surface area contributed by atoms with Crippen LogP contribution in [0.15, 0.2) is 73.3 Å². The zero-order valence-electron chi connectivity index (χ0n) is 29.6. The molecule has 0 fully saturated rings. The van der Waals surface area contributed by atoms with Crippen LogP contribution in [0.1, 0.15) is 44.9 Å². The van der Waals surface area contributed by atoms with E-state index in [2.05, 4.69) is 25.0 Å². The van der Waals surface area contributed by atoms with Crippen LogP contribution < -0.4 is 9.47 Å². The minimum Gasteiger partial charge on any atom is -0.455 e. The Kier molecular flexibility index (Phi) is 8.72. The van der Waals surface area contributed by atoms with Gasteiger partial charge in [0.2, 0.25) is 0 Å². The molecule has 14 nitrogen and oxygen atoms in total. The molecule has 14 heteroatoms. The van der Waals surface area contributed by atoms with E-state index in [1.54, 1.807) is 35.1 Å². The highest BCUT2D eigenvalue weighted by Gasteiger charge is 2.20. The Morgan fingerprint density at radius 1 is 0.774 bits per heavy atom. The van der Waals surface area contributed by atoms with E-state index in [4.69, 9.17) is 24.5 Å². The number of nitrogens with one attached hydrogen (secondary N) is 2. The molecule has 0 saturated heterocycles. The highest BCUT2D eigenvalue weighted by Crippen LogP contribution is 2.36. The summed E-state index contributed by atoms with van der Waals surface area (Å²) in [6, 6.07) is 14.3. The summed E-state index contributed by atoms with van der Waals surface area (Å²) >= 11 is 0. The van der Waals surface area contributed by atoms with Gasteiger partial charge in [0.15, 0.2) is 22.8 Å². The number of nitrogens with zero attached hydrogens (tertiary/aromatic N) is 8. The summed E-state index contributed by atoms with van der Waals surface area (Å²) in [7, 11) is 1.87. The number of pyridine rings is 2. The van der Waals surface area contributed by atoms with E-state index in [0.29, 0.717) is 75.5 Å². The number of hydrogen-bond acceptors (Lipinski definition) is 10. The normalized spacial score (nSPS) is 11.5. The summed E-state index contributed by atoms with van der Waals surface area (Å²) in [5, 5.41) is 18.7. The Morgan fingerprint density at radius 2 is 1.38 bits per heavy atom. The van der Waals surface area contributed by atoms with E-state index in [-0.39, 0.29) is 6.61 Å². The number of ether oxygens (including phenoxy) is 2. The number of imidazole rings is 2. The number of carbonyl (C=O) groups is 1. The molecule has 0 spiro atoms. The molecule has 6 heterocycles. The molecule has 0 amide bonds. The number of benzene rings is 2. The van der Waals surface area contributed by atoms with Gasteiger partial charge in [-0.15, -0.1) is 0 Å². The van der Waals surface area contributed by atoms with E-state index in [1.165, 1.54) is 0 Å². The van der Waals surface area contributed by atoms with Crippen LogP contribution in [0.2, 0.25) is 0 Å². The number of aryl methyl sites for hydroxylation is 6. The minimum absolute atomic E-state index is 0.0313. The van der Waals surface area contributed by atoms with Gasteiger partial charge < -0.3 is 24.5 Å². The van der Waals surface area contributed by atoms with Gasteiger partial charge in [0.05, 0.1) is 29.1 Å². The summed E-state index contributed by atoms with van der Waals surface area (Å²) in [5.74, 6) is 3.80. The molecule has 266 valence electrons. The third-order valence-corrected chi connectivity index (χ3v) is 9.06. The van der Waals surface area contributed by atoms with Gasteiger partial charge in [-0.2, -0.15) is 10.2 Å². The Balaban J connectivity index is 1.04. The SMILES string of the molecule is Cc1cnc2nc(-c3cn(CCCc4cnc5nc(-c6cn(C)nc6C)[nH]c5c4Oc4ccc(C=O)cc4)nc3C)[nH]c2c1Oc1ccc(CO)cc1. The lowest BCUT2D eigenvalue weighted by atomic mass is 10.1. The first-order chi connectivity index (χ1) is 25.8. The molecule has 53 heavy (non-hydrogen) atoms. The number of aliphatic hydroxyl groups excluding tert-OH is 1. The maximum atomic E-state index is 11.3. The molecule has 3 N–H and O–H groups in total. The molecule has 0 aliphatic carbocycles. The molecule has 0 saturated carbocycles. The van der Waals surface area contributed by atoms with Crippen LogP contribution in [0, 0.1) is 20.8 Å². The highest BCUT2D eigenvalue weighted by molar-refractivity contribution is 5.84. The van der Waals surface area contributed by atoms with Crippen LogP contribution in [-0.4, -0.2) is 60.9 Å². The number of carbonyl (C=O) groups excluding carboxylic acids is 1. The molecule has 8 aromatic rings. The van der Waals surface area contributed by atoms with Crippen LogP contribution in [0.3, 0.4) is 0 Å². The number of fused-ring (bicyclic) bond motifs is 2. The Bertz CT molecular complexity index is 2600. The van der Waals surface area contributed by atoms with Crippen molar-refractivity contribution in [3.63, 3.8) is 0 Å². The molecule has 0 unspecified atom stereocenters. The summed E-state index contributed by atoms with van der Waals surface area (Å²) < 4.78 is 16.4. The summed E-state index contributed by atoms with van der Waals surface area (Å²) in [6.45, 7) is 6.43. The van der Waals surface area contributed by atoms with Crippen molar-refractivity contribution >= 4 is 28.6 Å². The lowest BCUT2D eigenvalue weighted by molar-refractivity contribution is 0.112. The van der Waals surface area contributed by atoms with Crippen molar-refractivity contribution < 1.29 is 19.4 Å². The van der Waals surface area contributed by atoms with Crippen molar-refractivity contribution in [2.45, 2.75) is 46.8 Å². The van der Waals surface area contributed by atoms with Gasteiger partial charge in [0.25, 0.3) is 0 Å². The van der Waals surface area contributed by atoms with Crippen molar-refractivity contribution in [2.24, 2.45) is 7.05 Å². The van der Waals surface area contributed by atoms with Crippen LogP contribution in [0.5, 0.6) is 23.0 Å². The maximum absolute atomic E-state index is 11.3. The van der Waals surface area contributed by atoms with Crippen LogP contribution in [-0.2, 0) is 26.6 Å². The smallest absolute Gasteiger partial charge is 0.181 e. The standard InChI is InChI=1S/C39H36N10O4/c1-22-16-40-38-32(34(22)52-28-11-7-25(20-50)8-12-28)42-37(45-38)31-19-49(47-24(31)3)15-5-6-27-17-41-39-33(35(27)53-29-13-9-26(21-51)10-14-29)43-36(44-39)30-18-48(4)46-23(30)2/h7-14,16-19,21,50H,5-6,15,20H2,1-4H3,(H,40,42,45)(H,41,43,44). The number of aliphatic hydroxyl groups is 1. The Morgan fingerprint density at radius 3 is 2.02 bits per heavy atom. The summed E-state index contributed by atoms with van der Waals surface area (Å²) in [4.78, 5) is 36.9. The third-order valence-electron chi connectivity index (χ3n) is 9.06. The molecular formula is C39H36N10O4. The van der Waals surface area contributed by atoms with E-state index in [0.717, 1.165) is 51.9 Å². The van der Waals surface area contributed by atoms with Crippen molar-refractivity contribution in [2.75, 3.05) is 0 Å². The Hall–Kier alpha value is -6.67. The fourth-order valence-electron chi connectivity index (χ4n) is 6.33. The fraction of sp³-hybridized carbons (Fsp3) is 0.205. The second-order valence-electron chi connectivity index (χ2n) is 12.9. The zero-order valence-corrected chi connectivity index (χ0v) is 29.6. The first kappa shape index (κ1) is 33.5. The quantitative estimate of drug-likeness (QED) is 0.113. The monoisotopic (exact) mass is 708 g/mol. The predicted octanol–water partition coefficient (Wildman–Crippen LogP) is 6.94. The molecular weight excluding hydrogens is 672 g/mol. The summed E-state index contributed by atoms with van der Waals surface area (Å²) in [6.07, 6.45) is 9.65. The van der Waals surface area contributed by atoms with Gasteiger partial charge in [-0.05, 0) is 75.6 Å². The fourth-order valence-corrected chi connectivity index (χ4v) is 6.33. The highest BCUT2D eigenvalue weighted by atomic mass is 16.5. The second kappa shape index (κ2) is 13.8.